The maximum Gasteiger partial charge on any atom is 0.200 e. The number of fused-ring (bicyclic) bond motifs is 3. The number of carbonyl (C=O) groups is 2. The summed E-state index contributed by atoms with van der Waals surface area (Å²) in [4.78, 5) is 26.3. The molecule has 0 heterocycles. The van der Waals surface area contributed by atoms with E-state index >= 15 is 0 Å². The number of ketones is 2. The highest BCUT2D eigenvalue weighted by molar-refractivity contribution is 6.32. The zero-order valence-corrected chi connectivity index (χ0v) is 14.9. The Hall–Kier alpha value is -3.34. The van der Waals surface area contributed by atoms with Crippen LogP contribution in [0.5, 0.6) is 11.5 Å². The third-order valence-electron chi connectivity index (χ3n) is 5.43. The number of anilines is 1. The van der Waals surface area contributed by atoms with Crippen LogP contribution >= 0.6 is 0 Å². The molecular weight excluding hydrogens is 362 g/mol. The third kappa shape index (κ3) is 2.19. The molecule has 0 fully saturated rings. The van der Waals surface area contributed by atoms with E-state index in [9.17, 15) is 24.9 Å². The van der Waals surface area contributed by atoms with E-state index in [1.807, 2.05) is 0 Å². The SMILES string of the molecule is C#CC1(O)Cc2c(O)c3c(c(N)c2C(O)C1)C(=O)c1c(OC)cccc1C3=O. The molecule has 28 heavy (non-hydrogen) atoms. The number of aliphatic hydroxyl groups is 2. The van der Waals surface area contributed by atoms with Crippen LogP contribution in [0.2, 0.25) is 0 Å². The van der Waals surface area contributed by atoms with Gasteiger partial charge in [0.25, 0.3) is 0 Å². The molecule has 0 bridgehead atoms. The molecule has 5 N–H and O–H groups in total. The molecule has 7 nitrogen and oxygen atoms in total. The van der Waals surface area contributed by atoms with E-state index < -0.39 is 29.0 Å². The predicted molar refractivity (Wildman–Crippen MR) is 99.4 cm³/mol. The number of aromatic hydroxyl groups is 1. The summed E-state index contributed by atoms with van der Waals surface area (Å²) in [6, 6.07) is 4.57. The first-order valence-corrected chi connectivity index (χ1v) is 8.55. The second-order valence-corrected chi connectivity index (χ2v) is 7.02. The summed E-state index contributed by atoms with van der Waals surface area (Å²) in [6.45, 7) is 0. The zero-order chi connectivity index (χ0) is 20.4. The Balaban J connectivity index is 2.06. The molecule has 2 aromatic carbocycles. The van der Waals surface area contributed by atoms with Gasteiger partial charge in [0.05, 0.1) is 29.9 Å². The van der Waals surface area contributed by atoms with Gasteiger partial charge in [0.2, 0.25) is 0 Å². The standard InChI is InChI=1S/C21H17NO6/c1-3-21(27)7-10-13(11(23)8-21)17(22)15-16(19(10)25)18(24)9-5-4-6-12(28-2)14(9)20(15)26/h1,4-6,11,23,25,27H,7-8,22H2,2H3. The van der Waals surface area contributed by atoms with Gasteiger partial charge in [-0.3, -0.25) is 9.59 Å². The van der Waals surface area contributed by atoms with Gasteiger partial charge in [-0.25, -0.2) is 0 Å². The summed E-state index contributed by atoms with van der Waals surface area (Å²) in [5.74, 6) is 0.733. The van der Waals surface area contributed by atoms with E-state index in [1.54, 1.807) is 12.1 Å². The summed E-state index contributed by atoms with van der Waals surface area (Å²) in [6.07, 6.45) is 3.66. The number of carbonyl (C=O) groups excluding carboxylic acids is 2. The first kappa shape index (κ1) is 18.0. The Labute approximate surface area is 160 Å². The van der Waals surface area contributed by atoms with Crippen LogP contribution in [0, 0.1) is 12.3 Å². The molecule has 2 aliphatic rings. The summed E-state index contributed by atoms with van der Waals surface area (Å²) in [7, 11) is 1.38. The van der Waals surface area contributed by atoms with Gasteiger partial charge in [-0.1, -0.05) is 18.1 Å². The van der Waals surface area contributed by atoms with Crippen LogP contribution in [-0.2, 0) is 6.42 Å². The topological polar surface area (TPSA) is 130 Å². The van der Waals surface area contributed by atoms with Gasteiger partial charge < -0.3 is 25.8 Å². The lowest BCUT2D eigenvalue weighted by Gasteiger charge is -2.35. The average Bonchev–Trinajstić information content (AvgIpc) is 2.67. The van der Waals surface area contributed by atoms with Crippen molar-refractivity contribution in [3.8, 4) is 23.8 Å². The molecule has 2 aromatic rings. The molecule has 0 spiro atoms. The van der Waals surface area contributed by atoms with Crippen LogP contribution < -0.4 is 10.5 Å². The van der Waals surface area contributed by atoms with Crippen molar-refractivity contribution in [3.63, 3.8) is 0 Å². The zero-order valence-electron chi connectivity index (χ0n) is 14.9. The molecule has 0 amide bonds. The second kappa shape index (κ2) is 5.83. The minimum absolute atomic E-state index is 0.0546. The van der Waals surface area contributed by atoms with Crippen molar-refractivity contribution >= 4 is 17.3 Å². The van der Waals surface area contributed by atoms with E-state index in [-0.39, 0.29) is 57.7 Å². The molecule has 7 heteroatoms. The number of nitrogen functional groups attached to an aromatic ring is 1. The van der Waals surface area contributed by atoms with E-state index in [1.165, 1.54) is 13.2 Å². The Bertz CT molecular complexity index is 1110. The van der Waals surface area contributed by atoms with Gasteiger partial charge in [-0.15, -0.1) is 6.42 Å². The molecule has 0 aromatic heterocycles. The summed E-state index contributed by atoms with van der Waals surface area (Å²) in [5, 5.41) is 31.8. The predicted octanol–water partition coefficient (Wildman–Crippen LogP) is 1.10. The van der Waals surface area contributed by atoms with Gasteiger partial charge in [-0.05, 0) is 6.07 Å². The van der Waals surface area contributed by atoms with Crippen LogP contribution in [0.3, 0.4) is 0 Å². The summed E-state index contributed by atoms with van der Waals surface area (Å²) < 4.78 is 5.21. The van der Waals surface area contributed by atoms with E-state index in [2.05, 4.69) is 5.92 Å². The molecule has 4 rings (SSSR count). The number of rotatable bonds is 1. The number of methoxy groups -OCH3 is 1. The highest BCUT2D eigenvalue weighted by Crippen LogP contribution is 2.49. The summed E-state index contributed by atoms with van der Waals surface area (Å²) >= 11 is 0. The third-order valence-corrected chi connectivity index (χ3v) is 5.43. The Morgan fingerprint density at radius 3 is 2.61 bits per heavy atom. The Morgan fingerprint density at radius 1 is 1.25 bits per heavy atom. The minimum Gasteiger partial charge on any atom is -0.507 e. The average molecular weight is 379 g/mol. The molecule has 142 valence electrons. The maximum atomic E-state index is 13.2. The maximum absolute atomic E-state index is 13.2. The van der Waals surface area contributed by atoms with Crippen LogP contribution in [-0.4, -0.2) is 39.6 Å². The highest BCUT2D eigenvalue weighted by Gasteiger charge is 2.44. The Kier molecular flexibility index (Phi) is 3.76. The molecular formula is C21H17NO6. The molecule has 0 aliphatic heterocycles. The van der Waals surface area contributed by atoms with Gasteiger partial charge in [0, 0.05) is 35.2 Å². The monoisotopic (exact) mass is 379 g/mol. The quantitative estimate of drug-likeness (QED) is 0.283. The fraction of sp³-hybridized carbons (Fsp3) is 0.238. The lowest BCUT2D eigenvalue weighted by Crippen LogP contribution is -2.37. The van der Waals surface area contributed by atoms with Gasteiger partial charge in [-0.2, -0.15) is 0 Å². The molecule has 2 aliphatic carbocycles. The van der Waals surface area contributed by atoms with Gasteiger partial charge in [0.1, 0.15) is 17.1 Å². The Morgan fingerprint density at radius 2 is 1.96 bits per heavy atom. The number of benzene rings is 2. The molecule has 0 radical (unpaired) electrons. The number of hydrogen-bond donors (Lipinski definition) is 4. The number of ether oxygens (including phenoxy) is 1. The van der Waals surface area contributed by atoms with Crippen molar-refractivity contribution < 1.29 is 29.6 Å². The van der Waals surface area contributed by atoms with Crippen molar-refractivity contribution in [3.05, 3.63) is 51.6 Å². The highest BCUT2D eigenvalue weighted by atomic mass is 16.5. The first-order valence-electron chi connectivity index (χ1n) is 8.55. The van der Waals surface area contributed by atoms with E-state index in [4.69, 9.17) is 16.9 Å². The number of phenols is 1. The smallest absolute Gasteiger partial charge is 0.200 e. The largest absolute Gasteiger partial charge is 0.507 e. The molecule has 0 saturated carbocycles. The number of terminal acetylenes is 1. The van der Waals surface area contributed by atoms with Crippen LogP contribution in [0.15, 0.2) is 18.2 Å². The van der Waals surface area contributed by atoms with E-state index in [0.29, 0.717) is 0 Å². The lowest BCUT2D eigenvalue weighted by atomic mass is 9.73. The van der Waals surface area contributed by atoms with Crippen molar-refractivity contribution in [2.75, 3.05) is 12.8 Å². The molecule has 2 unspecified atom stereocenters. The number of aliphatic hydroxyl groups excluding tert-OH is 1. The van der Waals surface area contributed by atoms with Crippen molar-refractivity contribution in [2.45, 2.75) is 24.5 Å². The van der Waals surface area contributed by atoms with Crippen molar-refractivity contribution in [1.82, 2.24) is 0 Å². The van der Waals surface area contributed by atoms with E-state index in [0.717, 1.165) is 0 Å². The number of nitrogens with two attached hydrogens (primary N) is 1. The normalized spacial score (nSPS) is 22.7. The first-order chi connectivity index (χ1) is 13.2. The fourth-order valence-corrected chi connectivity index (χ4v) is 4.13. The second-order valence-electron chi connectivity index (χ2n) is 7.02. The lowest BCUT2D eigenvalue weighted by molar-refractivity contribution is 0.0213. The van der Waals surface area contributed by atoms with Gasteiger partial charge in [0.15, 0.2) is 11.6 Å². The van der Waals surface area contributed by atoms with Crippen molar-refractivity contribution in [1.29, 1.82) is 0 Å². The van der Waals surface area contributed by atoms with Crippen LogP contribution in [0.25, 0.3) is 0 Å². The van der Waals surface area contributed by atoms with Gasteiger partial charge >= 0.3 is 0 Å². The number of hydrogen-bond acceptors (Lipinski definition) is 7. The van der Waals surface area contributed by atoms with Crippen molar-refractivity contribution in [2.24, 2.45) is 0 Å². The van der Waals surface area contributed by atoms with Crippen LogP contribution in [0.4, 0.5) is 5.69 Å². The van der Waals surface area contributed by atoms with Crippen LogP contribution in [0.1, 0.15) is 55.5 Å². The minimum atomic E-state index is -1.70. The molecule has 0 saturated heterocycles. The summed E-state index contributed by atoms with van der Waals surface area (Å²) in [5.41, 5.74) is 4.27. The molecule has 2 atom stereocenters. The fourth-order valence-electron chi connectivity index (χ4n) is 4.13. The number of phenolic OH excluding ortho intramolecular Hbond substituents is 1.